The second-order valence-corrected chi connectivity index (χ2v) is 8.93. The van der Waals surface area contributed by atoms with Crippen LogP contribution in [-0.4, -0.2) is 72.9 Å². The highest BCUT2D eigenvalue weighted by atomic mass is 35.5. The number of hydrogen-bond donors (Lipinski definition) is 0. The molecule has 2 fully saturated rings. The van der Waals surface area contributed by atoms with Crippen LogP contribution < -0.4 is 4.90 Å². The monoisotopic (exact) mass is 505 g/mol. The fourth-order valence-electron chi connectivity index (χ4n) is 4.69. The molecular formula is C26H33Cl2N3O3. The van der Waals surface area contributed by atoms with Gasteiger partial charge in [0, 0.05) is 50.0 Å². The SMILES string of the molecule is Cl.O=C(c1ccc(N2CCOCC2)cc1)N1CCCC(N(Cc2ccccc2)C(=O)CCl)CC1. The molecule has 8 heteroatoms. The van der Waals surface area contributed by atoms with E-state index in [-0.39, 0.29) is 36.1 Å². The summed E-state index contributed by atoms with van der Waals surface area (Å²) in [7, 11) is 0. The fraction of sp³-hybridized carbons (Fsp3) is 0.462. The van der Waals surface area contributed by atoms with Gasteiger partial charge < -0.3 is 19.4 Å². The summed E-state index contributed by atoms with van der Waals surface area (Å²) in [5.74, 6) is -0.0203. The highest BCUT2D eigenvalue weighted by molar-refractivity contribution is 6.27. The van der Waals surface area contributed by atoms with E-state index in [9.17, 15) is 9.59 Å². The maximum atomic E-state index is 13.2. The van der Waals surface area contributed by atoms with E-state index in [1.54, 1.807) is 0 Å². The van der Waals surface area contributed by atoms with Crippen LogP contribution >= 0.6 is 24.0 Å². The molecule has 2 aliphatic rings. The summed E-state index contributed by atoms with van der Waals surface area (Å²) in [6, 6.07) is 18.0. The Labute approximate surface area is 213 Å². The maximum Gasteiger partial charge on any atom is 0.253 e. The van der Waals surface area contributed by atoms with Crippen molar-refractivity contribution in [2.45, 2.75) is 31.8 Å². The summed E-state index contributed by atoms with van der Waals surface area (Å²) in [6.45, 7) is 5.12. The standard InChI is InChI=1S/C26H32ClN3O3.ClH/c27-19-25(31)30(20-21-5-2-1-3-6-21)24-7-4-13-29(14-12-24)26(32)22-8-10-23(11-9-22)28-15-17-33-18-16-28;/h1-3,5-6,8-11,24H,4,7,12-20H2;1H. The average molecular weight is 506 g/mol. The van der Waals surface area contributed by atoms with Gasteiger partial charge in [0.25, 0.3) is 5.91 Å². The average Bonchev–Trinajstić information content (AvgIpc) is 3.14. The molecule has 2 aliphatic heterocycles. The molecule has 0 bridgehead atoms. The minimum Gasteiger partial charge on any atom is -0.378 e. The summed E-state index contributed by atoms with van der Waals surface area (Å²) in [4.78, 5) is 31.9. The number of ether oxygens (including phenoxy) is 1. The third-order valence-corrected chi connectivity index (χ3v) is 6.78. The summed E-state index contributed by atoms with van der Waals surface area (Å²) in [5, 5.41) is 0. The van der Waals surface area contributed by atoms with Crippen molar-refractivity contribution < 1.29 is 14.3 Å². The summed E-state index contributed by atoms with van der Waals surface area (Å²) in [5.41, 5.74) is 2.93. The van der Waals surface area contributed by atoms with Crippen LogP contribution in [0.15, 0.2) is 54.6 Å². The fourth-order valence-corrected chi connectivity index (χ4v) is 4.84. The van der Waals surface area contributed by atoms with Crippen LogP contribution in [0.1, 0.15) is 35.2 Å². The van der Waals surface area contributed by atoms with E-state index in [0.29, 0.717) is 25.2 Å². The molecular weight excluding hydrogens is 473 g/mol. The van der Waals surface area contributed by atoms with Crippen molar-refractivity contribution in [3.8, 4) is 0 Å². The molecule has 6 nitrogen and oxygen atoms in total. The molecule has 0 aliphatic carbocycles. The smallest absolute Gasteiger partial charge is 0.253 e. The second-order valence-electron chi connectivity index (χ2n) is 8.66. The summed E-state index contributed by atoms with van der Waals surface area (Å²) in [6.07, 6.45) is 2.49. The molecule has 34 heavy (non-hydrogen) atoms. The van der Waals surface area contributed by atoms with Gasteiger partial charge >= 0.3 is 0 Å². The molecule has 0 spiro atoms. The Hall–Kier alpha value is -2.28. The first-order chi connectivity index (χ1) is 16.2. The number of likely N-dealkylation sites (tertiary alicyclic amines) is 1. The van der Waals surface area contributed by atoms with Gasteiger partial charge in [-0.3, -0.25) is 9.59 Å². The Morgan fingerprint density at radius 1 is 0.941 bits per heavy atom. The molecule has 0 radical (unpaired) electrons. The lowest BCUT2D eigenvalue weighted by Gasteiger charge is -2.31. The van der Waals surface area contributed by atoms with Gasteiger partial charge in [-0.25, -0.2) is 0 Å². The molecule has 1 unspecified atom stereocenters. The van der Waals surface area contributed by atoms with E-state index < -0.39 is 0 Å². The number of morpholine rings is 1. The zero-order valence-electron chi connectivity index (χ0n) is 19.4. The number of alkyl halides is 1. The summed E-state index contributed by atoms with van der Waals surface area (Å²) < 4.78 is 5.42. The van der Waals surface area contributed by atoms with E-state index in [1.165, 1.54) is 0 Å². The van der Waals surface area contributed by atoms with Crippen molar-refractivity contribution in [3.63, 3.8) is 0 Å². The quantitative estimate of drug-likeness (QED) is 0.551. The molecule has 0 aromatic heterocycles. The largest absolute Gasteiger partial charge is 0.378 e. The van der Waals surface area contributed by atoms with Crippen molar-refractivity contribution in [2.24, 2.45) is 0 Å². The lowest BCUT2D eigenvalue weighted by molar-refractivity contribution is -0.131. The third-order valence-electron chi connectivity index (χ3n) is 6.55. The Kier molecular flexibility index (Phi) is 10.1. The number of carbonyl (C=O) groups excluding carboxylic acids is 2. The van der Waals surface area contributed by atoms with Gasteiger partial charge in [0.05, 0.1) is 13.2 Å². The molecule has 2 amide bonds. The van der Waals surface area contributed by atoms with Crippen LogP contribution in [0.5, 0.6) is 0 Å². The molecule has 2 heterocycles. The number of nitrogens with zero attached hydrogens (tertiary/aromatic N) is 3. The first-order valence-corrected chi connectivity index (χ1v) is 12.3. The van der Waals surface area contributed by atoms with Crippen LogP contribution in [0.3, 0.4) is 0 Å². The van der Waals surface area contributed by atoms with Gasteiger partial charge in [-0.1, -0.05) is 30.3 Å². The molecule has 1 atom stereocenters. The topological polar surface area (TPSA) is 53.1 Å². The van der Waals surface area contributed by atoms with Crippen LogP contribution in [-0.2, 0) is 16.1 Å². The molecule has 2 aromatic rings. The van der Waals surface area contributed by atoms with Gasteiger partial charge in [-0.15, -0.1) is 24.0 Å². The first kappa shape index (κ1) is 26.3. The summed E-state index contributed by atoms with van der Waals surface area (Å²) >= 11 is 5.93. The highest BCUT2D eigenvalue weighted by Gasteiger charge is 2.28. The van der Waals surface area contributed by atoms with Crippen LogP contribution in [0.4, 0.5) is 5.69 Å². The Morgan fingerprint density at radius 3 is 2.32 bits per heavy atom. The lowest BCUT2D eigenvalue weighted by atomic mass is 10.1. The number of carbonyl (C=O) groups is 2. The van der Waals surface area contributed by atoms with Gasteiger partial charge in [0.15, 0.2) is 0 Å². The number of halogens is 2. The zero-order valence-corrected chi connectivity index (χ0v) is 21.0. The van der Waals surface area contributed by atoms with E-state index in [0.717, 1.165) is 56.8 Å². The molecule has 2 aromatic carbocycles. The predicted molar refractivity (Wildman–Crippen MR) is 138 cm³/mol. The molecule has 0 saturated carbocycles. The lowest BCUT2D eigenvalue weighted by Crippen LogP contribution is -2.41. The normalized spacial score (nSPS) is 18.6. The Balaban J connectivity index is 0.00000324. The van der Waals surface area contributed by atoms with E-state index in [4.69, 9.17) is 16.3 Å². The first-order valence-electron chi connectivity index (χ1n) is 11.8. The van der Waals surface area contributed by atoms with Crippen molar-refractivity contribution >= 4 is 41.5 Å². The highest BCUT2D eigenvalue weighted by Crippen LogP contribution is 2.22. The minimum atomic E-state index is -0.0519. The molecule has 2 saturated heterocycles. The molecule has 184 valence electrons. The van der Waals surface area contributed by atoms with Crippen molar-refractivity contribution in [3.05, 3.63) is 65.7 Å². The van der Waals surface area contributed by atoms with Gasteiger partial charge in [0.2, 0.25) is 5.91 Å². The Bertz CT molecular complexity index is 921. The van der Waals surface area contributed by atoms with Crippen LogP contribution in [0.25, 0.3) is 0 Å². The van der Waals surface area contributed by atoms with Gasteiger partial charge in [-0.2, -0.15) is 0 Å². The second kappa shape index (κ2) is 13.0. The maximum absolute atomic E-state index is 13.2. The van der Waals surface area contributed by atoms with Gasteiger partial charge in [0.1, 0.15) is 5.88 Å². The van der Waals surface area contributed by atoms with Crippen LogP contribution in [0, 0.1) is 0 Å². The number of anilines is 1. The van der Waals surface area contributed by atoms with E-state index >= 15 is 0 Å². The third kappa shape index (κ3) is 6.65. The zero-order chi connectivity index (χ0) is 23.0. The van der Waals surface area contributed by atoms with Crippen LogP contribution in [0.2, 0.25) is 0 Å². The molecule has 0 N–H and O–H groups in total. The predicted octanol–water partition coefficient (Wildman–Crippen LogP) is 4.21. The van der Waals surface area contributed by atoms with Crippen molar-refractivity contribution in [2.75, 3.05) is 50.2 Å². The number of benzene rings is 2. The van der Waals surface area contributed by atoms with Gasteiger partial charge in [-0.05, 0) is 49.1 Å². The van der Waals surface area contributed by atoms with E-state index in [2.05, 4.69) is 4.90 Å². The van der Waals surface area contributed by atoms with E-state index in [1.807, 2.05) is 64.4 Å². The van der Waals surface area contributed by atoms with Crippen molar-refractivity contribution in [1.82, 2.24) is 9.80 Å². The Morgan fingerprint density at radius 2 is 1.65 bits per heavy atom. The number of hydrogen-bond acceptors (Lipinski definition) is 4. The minimum absolute atomic E-state index is 0. The number of amides is 2. The number of rotatable bonds is 6. The van der Waals surface area contributed by atoms with Crippen molar-refractivity contribution in [1.29, 1.82) is 0 Å². The molecule has 4 rings (SSSR count).